The fraction of sp³-hybridized carbons (Fsp3) is 0.455. The molecule has 0 spiro atoms. The molecule has 2 unspecified atom stereocenters. The molecule has 0 amide bonds. The molecular formula is C33H44N4O10. The zero-order valence-corrected chi connectivity index (χ0v) is 26.6. The summed E-state index contributed by atoms with van der Waals surface area (Å²) in [5.74, 6) is -2.19. The zero-order chi connectivity index (χ0) is 34.6. The molecular weight excluding hydrogens is 612 g/mol. The molecule has 0 heterocycles. The molecule has 0 aliphatic carbocycles. The van der Waals surface area contributed by atoms with Crippen molar-refractivity contribution in [1.29, 1.82) is 0 Å². The molecule has 0 saturated carbocycles. The standard InChI is InChI=1S/C33H44N4O10/c1-2-3-4-25-5-7-26(8-6-25)24-46-28-9-10-30(27(19-28)23-41)47-33(34)29(37(21-31(42)43)22-32(44)45)20-36(15-18-40)12-11-35(13-16-38)14-17-39/h5-10,16-19,23,29,33H,2-4,11-15,20-22,24,34H2,1H3,(H,42,43)(H,44,45). The van der Waals surface area contributed by atoms with Gasteiger partial charge in [0.05, 0.1) is 44.3 Å². The smallest absolute Gasteiger partial charge is 0.317 e. The molecule has 0 radical (unpaired) electrons. The van der Waals surface area contributed by atoms with E-state index >= 15 is 0 Å². The third-order valence-electron chi connectivity index (χ3n) is 7.32. The van der Waals surface area contributed by atoms with Gasteiger partial charge in [0.2, 0.25) is 0 Å². The quantitative estimate of drug-likeness (QED) is 0.0962. The van der Waals surface area contributed by atoms with Crippen molar-refractivity contribution in [2.24, 2.45) is 5.73 Å². The van der Waals surface area contributed by atoms with Gasteiger partial charge in [-0.25, -0.2) is 0 Å². The van der Waals surface area contributed by atoms with Crippen LogP contribution in [-0.4, -0.2) is 127 Å². The predicted octanol–water partition coefficient (Wildman–Crippen LogP) is 1.12. The summed E-state index contributed by atoms with van der Waals surface area (Å²) in [6.45, 7) is 1.03. The van der Waals surface area contributed by atoms with Crippen molar-refractivity contribution < 1.29 is 48.5 Å². The van der Waals surface area contributed by atoms with E-state index in [1.807, 2.05) is 12.1 Å². The third kappa shape index (κ3) is 14.2. The summed E-state index contributed by atoms with van der Waals surface area (Å²) in [5.41, 5.74) is 8.70. The molecule has 47 heavy (non-hydrogen) atoms. The number of hydrogen-bond donors (Lipinski definition) is 3. The van der Waals surface area contributed by atoms with Crippen molar-refractivity contribution in [3.63, 3.8) is 0 Å². The first-order chi connectivity index (χ1) is 22.6. The van der Waals surface area contributed by atoms with Crippen molar-refractivity contribution in [2.45, 2.75) is 45.1 Å². The van der Waals surface area contributed by atoms with Crippen LogP contribution in [0.3, 0.4) is 0 Å². The maximum atomic E-state index is 12.0. The van der Waals surface area contributed by atoms with Crippen LogP contribution in [0.5, 0.6) is 11.5 Å². The van der Waals surface area contributed by atoms with Crippen molar-refractivity contribution >= 4 is 37.1 Å². The van der Waals surface area contributed by atoms with E-state index in [0.717, 1.165) is 29.7 Å². The Morgan fingerprint density at radius 1 is 0.851 bits per heavy atom. The maximum absolute atomic E-state index is 12.0. The Morgan fingerprint density at radius 2 is 1.43 bits per heavy atom. The summed E-state index contributed by atoms with van der Waals surface area (Å²) >= 11 is 0. The van der Waals surface area contributed by atoms with Gasteiger partial charge in [-0.2, -0.15) is 0 Å². The Hall–Kier alpha value is -4.50. The van der Waals surface area contributed by atoms with Gasteiger partial charge in [-0.15, -0.1) is 0 Å². The van der Waals surface area contributed by atoms with Crippen molar-refractivity contribution in [3.8, 4) is 11.5 Å². The van der Waals surface area contributed by atoms with Crippen LogP contribution in [0.4, 0.5) is 0 Å². The third-order valence-corrected chi connectivity index (χ3v) is 7.32. The summed E-state index contributed by atoms with van der Waals surface area (Å²) in [6, 6.07) is 11.5. The number of carboxylic acid groups (broad SMARTS) is 2. The molecule has 14 nitrogen and oxygen atoms in total. The molecule has 0 bridgehead atoms. The Morgan fingerprint density at radius 3 is 1.98 bits per heavy atom. The maximum Gasteiger partial charge on any atom is 0.317 e. The average molecular weight is 657 g/mol. The normalized spacial score (nSPS) is 12.4. The summed E-state index contributed by atoms with van der Waals surface area (Å²) in [7, 11) is 0. The van der Waals surface area contributed by atoms with Crippen LogP contribution >= 0.6 is 0 Å². The van der Waals surface area contributed by atoms with Gasteiger partial charge in [-0.3, -0.25) is 34.8 Å². The largest absolute Gasteiger partial charge is 0.489 e. The molecule has 2 atom stereocenters. The Balaban J connectivity index is 2.26. The minimum atomic E-state index is -1.36. The number of carbonyl (C=O) groups is 6. The second-order valence-electron chi connectivity index (χ2n) is 10.9. The second kappa shape index (κ2) is 21.3. The highest BCUT2D eigenvalue weighted by molar-refractivity contribution is 5.80. The van der Waals surface area contributed by atoms with Crippen LogP contribution < -0.4 is 15.2 Å². The highest BCUT2D eigenvalue weighted by Crippen LogP contribution is 2.25. The molecule has 2 rings (SSSR count). The molecule has 14 heteroatoms. The summed E-state index contributed by atoms with van der Waals surface area (Å²) < 4.78 is 11.8. The minimum absolute atomic E-state index is 0.0244. The van der Waals surface area contributed by atoms with Gasteiger partial charge in [0, 0.05) is 19.6 Å². The molecule has 0 aromatic heterocycles. The highest BCUT2D eigenvalue weighted by atomic mass is 16.5. The van der Waals surface area contributed by atoms with Crippen LogP contribution in [0.1, 0.15) is 41.3 Å². The Bertz CT molecular complexity index is 1280. The van der Waals surface area contributed by atoms with Gasteiger partial charge in [0.25, 0.3) is 0 Å². The number of aryl methyl sites for hydroxylation is 1. The minimum Gasteiger partial charge on any atom is -0.489 e. The predicted molar refractivity (Wildman–Crippen MR) is 172 cm³/mol. The Labute approximate surface area is 274 Å². The van der Waals surface area contributed by atoms with Crippen LogP contribution in [0, 0.1) is 0 Å². The monoisotopic (exact) mass is 656 g/mol. The van der Waals surface area contributed by atoms with E-state index in [9.17, 15) is 39.0 Å². The van der Waals surface area contributed by atoms with Crippen LogP contribution in [-0.2, 0) is 37.0 Å². The lowest BCUT2D eigenvalue weighted by Gasteiger charge is -2.37. The molecule has 0 saturated heterocycles. The number of rotatable bonds is 26. The SMILES string of the molecule is CCCCc1ccc(COc2ccc(OC(N)C(CN(CC=O)CCN(CC=O)CC=O)N(CC(=O)O)CC(=O)O)c(C=O)c2)cc1. The number of hydrogen-bond acceptors (Lipinski definition) is 12. The summed E-state index contributed by atoms with van der Waals surface area (Å²) in [5, 5.41) is 19.0. The zero-order valence-electron chi connectivity index (χ0n) is 26.6. The van der Waals surface area contributed by atoms with Crippen molar-refractivity contribution in [2.75, 3.05) is 52.4 Å². The van der Waals surface area contributed by atoms with E-state index in [4.69, 9.17) is 15.2 Å². The lowest BCUT2D eigenvalue weighted by atomic mass is 10.1. The van der Waals surface area contributed by atoms with Gasteiger partial charge in [0.1, 0.15) is 37.0 Å². The number of carboxylic acids is 2. The van der Waals surface area contributed by atoms with E-state index in [0.29, 0.717) is 30.9 Å². The van der Waals surface area contributed by atoms with E-state index in [1.165, 1.54) is 22.6 Å². The number of aliphatic carboxylic acids is 2. The second-order valence-corrected chi connectivity index (χ2v) is 10.9. The van der Waals surface area contributed by atoms with E-state index in [1.54, 1.807) is 11.0 Å². The fourth-order valence-electron chi connectivity index (χ4n) is 4.83. The highest BCUT2D eigenvalue weighted by Gasteiger charge is 2.32. The number of carbonyl (C=O) groups excluding carboxylic acids is 4. The first-order valence-electron chi connectivity index (χ1n) is 15.3. The molecule has 0 fully saturated rings. The molecule has 2 aromatic carbocycles. The number of ether oxygens (including phenoxy) is 2. The van der Waals surface area contributed by atoms with E-state index < -0.39 is 37.3 Å². The molecule has 2 aromatic rings. The van der Waals surface area contributed by atoms with Crippen molar-refractivity contribution in [1.82, 2.24) is 14.7 Å². The van der Waals surface area contributed by atoms with E-state index in [2.05, 4.69) is 19.1 Å². The topological polar surface area (TPSA) is 197 Å². The molecule has 256 valence electrons. The molecule has 0 aliphatic rings. The number of benzene rings is 2. The molecule has 0 aliphatic heterocycles. The number of nitrogens with zero attached hydrogens (tertiary/aromatic N) is 3. The summed E-state index contributed by atoms with van der Waals surface area (Å²) in [4.78, 5) is 73.1. The lowest BCUT2D eigenvalue weighted by Crippen LogP contribution is -2.58. The van der Waals surface area contributed by atoms with Gasteiger partial charge in [-0.05, 0) is 42.2 Å². The van der Waals surface area contributed by atoms with Crippen LogP contribution in [0.2, 0.25) is 0 Å². The lowest BCUT2D eigenvalue weighted by molar-refractivity contribution is -0.144. The van der Waals surface area contributed by atoms with E-state index in [-0.39, 0.29) is 57.2 Å². The van der Waals surface area contributed by atoms with Gasteiger partial charge in [0.15, 0.2) is 12.5 Å². The first-order valence-corrected chi connectivity index (χ1v) is 15.3. The number of unbranched alkanes of at least 4 members (excludes halogenated alkanes) is 1. The average Bonchev–Trinajstić information content (AvgIpc) is 3.04. The Kier molecular flexibility index (Phi) is 17.5. The summed E-state index contributed by atoms with van der Waals surface area (Å²) in [6.07, 6.45) is 4.29. The van der Waals surface area contributed by atoms with Crippen LogP contribution in [0.15, 0.2) is 42.5 Å². The number of nitrogens with two attached hydrogens (primary N) is 1. The number of aldehydes is 4. The van der Waals surface area contributed by atoms with Crippen molar-refractivity contribution in [3.05, 3.63) is 59.2 Å². The molecule has 4 N–H and O–H groups in total. The van der Waals surface area contributed by atoms with Gasteiger partial charge in [-0.1, -0.05) is 37.6 Å². The fourth-order valence-corrected chi connectivity index (χ4v) is 4.83. The van der Waals surface area contributed by atoms with Gasteiger partial charge >= 0.3 is 11.9 Å². The van der Waals surface area contributed by atoms with Crippen LogP contribution in [0.25, 0.3) is 0 Å². The first kappa shape index (κ1) is 38.7. The van der Waals surface area contributed by atoms with Gasteiger partial charge < -0.3 is 34.1 Å².